The molecular weight excluding hydrogens is 324 g/mol. The molecule has 0 bridgehead atoms. The predicted molar refractivity (Wildman–Crippen MR) is 74.9 cm³/mol. The second kappa shape index (κ2) is 4.64. The van der Waals surface area contributed by atoms with E-state index in [1.165, 1.54) is 12.3 Å². The summed E-state index contributed by atoms with van der Waals surface area (Å²) in [5.41, 5.74) is 1.28. The Hall–Kier alpha value is -2.34. The normalized spacial score (nSPS) is 13.6. The number of halogens is 1. The summed E-state index contributed by atoms with van der Waals surface area (Å²) in [4.78, 5) is 40.2. The lowest BCUT2D eigenvalue weighted by Gasteiger charge is -2.13. The number of aromatic nitrogens is 1. The molecule has 1 aromatic heterocycles. The van der Waals surface area contributed by atoms with Crippen molar-refractivity contribution >= 4 is 39.7 Å². The zero-order valence-electron chi connectivity index (χ0n) is 10.0. The number of fused-ring (bicyclic) bond motifs is 1. The van der Waals surface area contributed by atoms with Crippen molar-refractivity contribution < 1.29 is 14.4 Å². The van der Waals surface area contributed by atoms with Crippen LogP contribution < -0.4 is 4.90 Å². The molecular formula is C14H7BrN2O3. The van der Waals surface area contributed by atoms with E-state index in [2.05, 4.69) is 20.9 Å². The minimum atomic E-state index is -0.391. The van der Waals surface area contributed by atoms with Gasteiger partial charge in [-0.25, -0.2) is 4.90 Å². The first kappa shape index (κ1) is 12.7. The van der Waals surface area contributed by atoms with Gasteiger partial charge in [0.2, 0.25) is 0 Å². The molecule has 5 nitrogen and oxygen atoms in total. The van der Waals surface area contributed by atoms with Gasteiger partial charge in [-0.2, -0.15) is 0 Å². The number of amides is 2. The Kier molecular flexibility index (Phi) is 2.94. The monoisotopic (exact) mass is 330 g/mol. The molecule has 20 heavy (non-hydrogen) atoms. The fraction of sp³-hybridized carbons (Fsp3) is 0. The van der Waals surface area contributed by atoms with Gasteiger partial charge in [-0.1, -0.05) is 12.1 Å². The van der Waals surface area contributed by atoms with Gasteiger partial charge >= 0.3 is 0 Å². The molecule has 1 aromatic carbocycles. The Morgan fingerprint density at radius 1 is 1.10 bits per heavy atom. The largest absolute Gasteiger partial charge is 0.296 e. The van der Waals surface area contributed by atoms with Crippen LogP contribution in [0.1, 0.15) is 31.2 Å². The Morgan fingerprint density at radius 2 is 1.70 bits per heavy atom. The fourth-order valence-corrected chi connectivity index (χ4v) is 2.50. The summed E-state index contributed by atoms with van der Waals surface area (Å²) in [5, 5.41) is 0. The molecule has 0 aliphatic carbocycles. The molecule has 2 heterocycles. The first-order valence-corrected chi connectivity index (χ1v) is 6.51. The van der Waals surface area contributed by atoms with Gasteiger partial charge in [0.25, 0.3) is 11.8 Å². The predicted octanol–water partition coefficient (Wildman–Crippen LogP) is 2.46. The van der Waals surface area contributed by atoms with Crippen molar-refractivity contribution in [1.29, 1.82) is 0 Å². The molecule has 0 saturated heterocycles. The van der Waals surface area contributed by atoms with Crippen LogP contribution in [0.5, 0.6) is 0 Å². The maximum atomic E-state index is 12.3. The van der Waals surface area contributed by atoms with Crippen molar-refractivity contribution in [2.24, 2.45) is 0 Å². The number of rotatable bonds is 2. The zero-order chi connectivity index (χ0) is 14.3. The van der Waals surface area contributed by atoms with Gasteiger partial charge < -0.3 is 0 Å². The SMILES string of the molecule is O=Cc1ncc(N2C(=O)c3ccccc3C2=O)cc1Br. The highest BCUT2D eigenvalue weighted by atomic mass is 79.9. The van der Waals surface area contributed by atoms with E-state index in [0.717, 1.165) is 4.90 Å². The smallest absolute Gasteiger partial charge is 0.266 e. The Bertz CT molecular complexity index is 723. The summed E-state index contributed by atoms with van der Waals surface area (Å²) in [6, 6.07) is 8.16. The third-order valence-electron chi connectivity index (χ3n) is 3.02. The number of hydrogen-bond donors (Lipinski definition) is 0. The first-order valence-electron chi connectivity index (χ1n) is 5.72. The molecule has 2 amide bonds. The molecule has 0 saturated carbocycles. The molecule has 98 valence electrons. The minimum Gasteiger partial charge on any atom is -0.296 e. The van der Waals surface area contributed by atoms with Crippen LogP contribution >= 0.6 is 15.9 Å². The quantitative estimate of drug-likeness (QED) is 0.626. The Labute approximate surface area is 122 Å². The summed E-state index contributed by atoms with van der Waals surface area (Å²) < 4.78 is 0.432. The lowest BCUT2D eigenvalue weighted by atomic mass is 10.1. The Morgan fingerprint density at radius 3 is 2.20 bits per heavy atom. The van der Waals surface area contributed by atoms with Gasteiger partial charge in [-0.15, -0.1) is 0 Å². The van der Waals surface area contributed by atoms with Gasteiger partial charge in [0.1, 0.15) is 5.69 Å². The van der Waals surface area contributed by atoms with Gasteiger partial charge in [-0.05, 0) is 34.1 Å². The van der Waals surface area contributed by atoms with Crippen molar-refractivity contribution in [2.75, 3.05) is 4.90 Å². The van der Waals surface area contributed by atoms with E-state index in [4.69, 9.17) is 0 Å². The molecule has 0 N–H and O–H groups in total. The number of pyridine rings is 1. The standard InChI is InChI=1S/C14H7BrN2O3/c15-11-5-8(6-16-12(11)7-18)17-13(19)9-3-1-2-4-10(9)14(17)20/h1-7H. The Balaban J connectivity index is 2.09. The van der Waals surface area contributed by atoms with Crippen molar-refractivity contribution in [2.45, 2.75) is 0 Å². The van der Waals surface area contributed by atoms with E-state index < -0.39 is 11.8 Å². The lowest BCUT2D eigenvalue weighted by molar-refractivity contribution is 0.0925. The van der Waals surface area contributed by atoms with E-state index >= 15 is 0 Å². The van der Waals surface area contributed by atoms with Crippen LogP contribution in [0.2, 0.25) is 0 Å². The van der Waals surface area contributed by atoms with Crippen LogP contribution in [0.4, 0.5) is 5.69 Å². The van der Waals surface area contributed by atoms with E-state index in [-0.39, 0.29) is 5.69 Å². The number of carbonyl (C=O) groups excluding carboxylic acids is 3. The minimum absolute atomic E-state index is 0.213. The second-order valence-corrected chi connectivity index (χ2v) is 5.02. The van der Waals surface area contributed by atoms with Gasteiger partial charge in [0.15, 0.2) is 6.29 Å². The van der Waals surface area contributed by atoms with E-state index in [0.29, 0.717) is 27.6 Å². The number of anilines is 1. The van der Waals surface area contributed by atoms with Crippen molar-refractivity contribution in [1.82, 2.24) is 4.98 Å². The molecule has 0 atom stereocenters. The molecule has 2 aromatic rings. The highest BCUT2D eigenvalue weighted by molar-refractivity contribution is 9.10. The number of aldehydes is 1. The van der Waals surface area contributed by atoms with Crippen molar-refractivity contribution in [3.63, 3.8) is 0 Å². The summed E-state index contributed by atoms with van der Waals surface area (Å²) >= 11 is 3.19. The maximum absolute atomic E-state index is 12.3. The molecule has 0 radical (unpaired) electrons. The fourth-order valence-electron chi connectivity index (χ4n) is 2.07. The lowest BCUT2D eigenvalue weighted by Crippen LogP contribution is -2.29. The highest BCUT2D eigenvalue weighted by Gasteiger charge is 2.36. The number of hydrogen-bond acceptors (Lipinski definition) is 4. The van der Waals surface area contributed by atoms with Gasteiger partial charge in [0, 0.05) is 4.47 Å². The average Bonchev–Trinajstić information content (AvgIpc) is 2.71. The molecule has 0 unspecified atom stereocenters. The van der Waals surface area contributed by atoms with E-state index in [1.807, 2.05) is 0 Å². The van der Waals surface area contributed by atoms with Crippen LogP contribution in [-0.2, 0) is 0 Å². The first-order chi connectivity index (χ1) is 9.63. The summed E-state index contributed by atoms with van der Waals surface area (Å²) in [5.74, 6) is -0.781. The van der Waals surface area contributed by atoms with Gasteiger partial charge in [-0.3, -0.25) is 19.4 Å². The molecule has 3 rings (SSSR count). The third-order valence-corrected chi connectivity index (χ3v) is 3.65. The third kappa shape index (κ3) is 1.77. The van der Waals surface area contributed by atoms with E-state index in [1.54, 1.807) is 24.3 Å². The molecule has 1 aliphatic heterocycles. The van der Waals surface area contributed by atoms with Crippen molar-refractivity contribution in [3.05, 3.63) is 57.8 Å². The highest BCUT2D eigenvalue weighted by Crippen LogP contribution is 2.29. The zero-order valence-corrected chi connectivity index (χ0v) is 11.6. The number of imide groups is 1. The molecule has 1 aliphatic rings. The van der Waals surface area contributed by atoms with Crippen molar-refractivity contribution in [3.8, 4) is 0 Å². The summed E-state index contributed by atoms with van der Waals surface area (Å²) in [7, 11) is 0. The molecule has 6 heteroatoms. The van der Waals surface area contributed by atoms with Crippen LogP contribution in [0.15, 0.2) is 41.0 Å². The van der Waals surface area contributed by atoms with Crippen LogP contribution in [0.25, 0.3) is 0 Å². The number of nitrogens with zero attached hydrogens (tertiary/aromatic N) is 2. The average molecular weight is 331 g/mol. The van der Waals surface area contributed by atoms with E-state index in [9.17, 15) is 14.4 Å². The summed E-state index contributed by atoms with van der Waals surface area (Å²) in [6.45, 7) is 0. The van der Waals surface area contributed by atoms with Gasteiger partial charge in [0.05, 0.1) is 23.0 Å². The molecule has 0 fully saturated rings. The number of carbonyl (C=O) groups is 3. The van der Waals surface area contributed by atoms with Crippen LogP contribution in [0.3, 0.4) is 0 Å². The van der Waals surface area contributed by atoms with Crippen LogP contribution in [0, 0.1) is 0 Å². The number of benzene rings is 1. The second-order valence-electron chi connectivity index (χ2n) is 4.17. The molecule has 0 spiro atoms. The maximum Gasteiger partial charge on any atom is 0.266 e. The topological polar surface area (TPSA) is 67.3 Å². The van der Waals surface area contributed by atoms with Crippen LogP contribution in [-0.4, -0.2) is 23.1 Å². The summed E-state index contributed by atoms with van der Waals surface area (Å²) in [6.07, 6.45) is 1.92.